The number of aryl methyl sites for hydroxylation is 4. The van der Waals surface area contributed by atoms with Crippen molar-refractivity contribution in [3.8, 4) is 11.5 Å². The van der Waals surface area contributed by atoms with Gasteiger partial charge in [-0.2, -0.15) is 0 Å². The zero-order valence-corrected chi connectivity index (χ0v) is 14.3. The summed E-state index contributed by atoms with van der Waals surface area (Å²) in [6, 6.07) is 11.0. The van der Waals surface area contributed by atoms with E-state index in [1.54, 1.807) is 19.2 Å². The first-order valence-electron chi connectivity index (χ1n) is 7.26. The standard InChI is InChI=1S/C17H21O5P/c1-12-10-15(11-13(2)17(12)21-3)5-4-14-6-8-16(9-7-14)22-23(18,19)20/h6-11H,4-5H2,1-3H3,(H2,18,19,20). The van der Waals surface area contributed by atoms with Crippen LogP contribution in [0.3, 0.4) is 0 Å². The Labute approximate surface area is 136 Å². The molecular weight excluding hydrogens is 315 g/mol. The average molecular weight is 336 g/mol. The molecule has 5 nitrogen and oxygen atoms in total. The molecule has 2 aromatic rings. The summed E-state index contributed by atoms with van der Waals surface area (Å²) in [4.78, 5) is 17.5. The van der Waals surface area contributed by atoms with Crippen LogP contribution in [0.4, 0.5) is 0 Å². The van der Waals surface area contributed by atoms with Crippen molar-refractivity contribution in [1.29, 1.82) is 0 Å². The number of hydrogen-bond donors (Lipinski definition) is 2. The fraction of sp³-hybridized carbons (Fsp3) is 0.294. The van der Waals surface area contributed by atoms with Crippen LogP contribution < -0.4 is 9.26 Å². The van der Waals surface area contributed by atoms with E-state index >= 15 is 0 Å². The Morgan fingerprint density at radius 1 is 0.957 bits per heavy atom. The Bertz CT molecular complexity index is 695. The smallest absolute Gasteiger partial charge is 0.496 e. The van der Waals surface area contributed by atoms with Gasteiger partial charge in [0.15, 0.2) is 0 Å². The third-order valence-electron chi connectivity index (χ3n) is 3.57. The number of rotatable bonds is 6. The maximum Gasteiger partial charge on any atom is 0.524 e. The lowest BCUT2D eigenvalue weighted by Crippen LogP contribution is -1.97. The van der Waals surface area contributed by atoms with E-state index in [4.69, 9.17) is 14.5 Å². The van der Waals surface area contributed by atoms with Gasteiger partial charge in [0.1, 0.15) is 11.5 Å². The molecule has 0 atom stereocenters. The second-order valence-electron chi connectivity index (χ2n) is 5.49. The van der Waals surface area contributed by atoms with E-state index in [0.29, 0.717) is 0 Å². The molecule has 0 saturated carbocycles. The topological polar surface area (TPSA) is 76.0 Å². The van der Waals surface area contributed by atoms with Gasteiger partial charge < -0.3 is 9.26 Å². The van der Waals surface area contributed by atoms with Crippen LogP contribution >= 0.6 is 7.82 Å². The highest BCUT2D eigenvalue weighted by Gasteiger charge is 2.15. The van der Waals surface area contributed by atoms with Gasteiger partial charge in [-0.1, -0.05) is 24.3 Å². The van der Waals surface area contributed by atoms with Crippen LogP contribution in [0.25, 0.3) is 0 Å². The highest BCUT2D eigenvalue weighted by Crippen LogP contribution is 2.37. The molecule has 6 heteroatoms. The minimum atomic E-state index is -4.50. The first-order chi connectivity index (χ1) is 10.8. The number of hydrogen-bond acceptors (Lipinski definition) is 3. The summed E-state index contributed by atoms with van der Waals surface area (Å²) in [6.07, 6.45) is 1.71. The zero-order valence-electron chi connectivity index (χ0n) is 13.4. The van der Waals surface area contributed by atoms with E-state index in [-0.39, 0.29) is 5.75 Å². The summed E-state index contributed by atoms with van der Waals surface area (Å²) >= 11 is 0. The van der Waals surface area contributed by atoms with E-state index in [1.165, 1.54) is 5.56 Å². The third kappa shape index (κ3) is 5.10. The maximum absolute atomic E-state index is 10.8. The molecule has 124 valence electrons. The van der Waals surface area contributed by atoms with Crippen LogP contribution in [0.15, 0.2) is 36.4 Å². The molecule has 0 radical (unpaired) electrons. The normalized spacial score (nSPS) is 11.3. The van der Waals surface area contributed by atoms with Gasteiger partial charge in [0, 0.05) is 0 Å². The first kappa shape index (κ1) is 17.5. The molecule has 0 amide bonds. The number of ether oxygens (including phenoxy) is 1. The molecule has 23 heavy (non-hydrogen) atoms. The Kier molecular flexibility index (Phi) is 5.47. The van der Waals surface area contributed by atoms with E-state index in [2.05, 4.69) is 16.7 Å². The van der Waals surface area contributed by atoms with Crippen molar-refractivity contribution in [3.05, 3.63) is 58.7 Å². The molecule has 0 saturated heterocycles. The van der Waals surface area contributed by atoms with Crippen molar-refractivity contribution >= 4 is 7.82 Å². The van der Waals surface area contributed by atoms with Gasteiger partial charge in [-0.05, 0) is 61.1 Å². The number of phosphoric acid groups is 1. The fourth-order valence-electron chi connectivity index (χ4n) is 2.65. The molecule has 0 unspecified atom stereocenters. The summed E-state index contributed by atoms with van der Waals surface area (Å²) in [7, 11) is -2.82. The lowest BCUT2D eigenvalue weighted by Gasteiger charge is -2.11. The van der Waals surface area contributed by atoms with E-state index < -0.39 is 7.82 Å². The minimum absolute atomic E-state index is 0.165. The van der Waals surface area contributed by atoms with Gasteiger partial charge in [0.25, 0.3) is 0 Å². The summed E-state index contributed by atoms with van der Waals surface area (Å²) in [5.74, 6) is 1.09. The Morgan fingerprint density at radius 3 is 1.96 bits per heavy atom. The summed E-state index contributed by atoms with van der Waals surface area (Å²) in [5, 5.41) is 0. The lowest BCUT2D eigenvalue weighted by molar-refractivity contribution is 0.283. The van der Waals surface area contributed by atoms with Crippen molar-refractivity contribution in [1.82, 2.24) is 0 Å². The number of benzene rings is 2. The lowest BCUT2D eigenvalue weighted by atomic mass is 10.00. The van der Waals surface area contributed by atoms with Crippen molar-refractivity contribution < 1.29 is 23.6 Å². The van der Waals surface area contributed by atoms with Gasteiger partial charge in [-0.25, -0.2) is 4.57 Å². The van der Waals surface area contributed by atoms with Crippen LogP contribution in [-0.4, -0.2) is 16.9 Å². The predicted molar refractivity (Wildman–Crippen MR) is 89.0 cm³/mol. The highest BCUT2D eigenvalue weighted by atomic mass is 31.2. The Morgan fingerprint density at radius 2 is 1.48 bits per heavy atom. The Balaban J connectivity index is 2.02. The van der Waals surface area contributed by atoms with Gasteiger partial charge in [-0.3, -0.25) is 9.79 Å². The largest absolute Gasteiger partial charge is 0.524 e. The van der Waals surface area contributed by atoms with Gasteiger partial charge in [-0.15, -0.1) is 0 Å². The van der Waals surface area contributed by atoms with Crippen molar-refractivity contribution in [2.75, 3.05) is 7.11 Å². The van der Waals surface area contributed by atoms with E-state index in [0.717, 1.165) is 35.3 Å². The molecule has 0 aliphatic carbocycles. The molecule has 2 N–H and O–H groups in total. The fourth-order valence-corrected chi connectivity index (χ4v) is 3.05. The second kappa shape index (κ2) is 7.18. The van der Waals surface area contributed by atoms with Crippen LogP contribution in [0.2, 0.25) is 0 Å². The molecule has 0 bridgehead atoms. The summed E-state index contributed by atoms with van der Waals surface area (Å²) < 4.78 is 20.7. The number of methoxy groups -OCH3 is 1. The third-order valence-corrected chi connectivity index (χ3v) is 4.02. The molecule has 2 rings (SSSR count). The maximum atomic E-state index is 10.8. The molecule has 0 fully saturated rings. The van der Waals surface area contributed by atoms with Crippen LogP contribution in [-0.2, 0) is 17.4 Å². The highest BCUT2D eigenvalue weighted by molar-refractivity contribution is 7.46. The second-order valence-corrected chi connectivity index (χ2v) is 6.65. The van der Waals surface area contributed by atoms with Crippen LogP contribution in [0, 0.1) is 13.8 Å². The minimum Gasteiger partial charge on any atom is -0.496 e. The van der Waals surface area contributed by atoms with Crippen LogP contribution in [0.1, 0.15) is 22.3 Å². The number of phosphoric ester groups is 1. The van der Waals surface area contributed by atoms with Gasteiger partial charge in [0.2, 0.25) is 0 Å². The van der Waals surface area contributed by atoms with Crippen molar-refractivity contribution in [2.24, 2.45) is 0 Å². The molecular formula is C17H21O5P. The van der Waals surface area contributed by atoms with E-state index in [9.17, 15) is 4.57 Å². The van der Waals surface area contributed by atoms with Gasteiger partial charge in [0.05, 0.1) is 7.11 Å². The van der Waals surface area contributed by atoms with Crippen molar-refractivity contribution in [2.45, 2.75) is 26.7 Å². The van der Waals surface area contributed by atoms with E-state index in [1.807, 2.05) is 26.0 Å². The Hall–Kier alpha value is -1.81. The molecule has 0 spiro atoms. The average Bonchev–Trinajstić information content (AvgIpc) is 2.45. The predicted octanol–water partition coefficient (Wildman–Crippen LogP) is 3.57. The molecule has 0 heterocycles. The van der Waals surface area contributed by atoms with Crippen molar-refractivity contribution in [3.63, 3.8) is 0 Å². The monoisotopic (exact) mass is 336 g/mol. The zero-order chi connectivity index (χ0) is 17.0. The molecule has 0 aliphatic heterocycles. The SMILES string of the molecule is COc1c(C)cc(CCc2ccc(OP(=O)(O)O)cc2)cc1C. The first-order valence-corrected chi connectivity index (χ1v) is 8.80. The molecule has 0 aliphatic rings. The summed E-state index contributed by atoms with van der Waals surface area (Å²) in [6.45, 7) is 4.06. The molecule has 2 aromatic carbocycles. The molecule has 0 aromatic heterocycles. The van der Waals surface area contributed by atoms with Gasteiger partial charge >= 0.3 is 7.82 Å². The van der Waals surface area contributed by atoms with Crippen LogP contribution in [0.5, 0.6) is 11.5 Å². The summed E-state index contributed by atoms with van der Waals surface area (Å²) in [5.41, 5.74) is 4.55. The quantitative estimate of drug-likeness (QED) is 0.789.